The SMILES string of the molecule is CCCN1CCC(CC)C1C. The van der Waals surface area contributed by atoms with Crippen LogP contribution in [0, 0.1) is 5.92 Å². The lowest BCUT2D eigenvalue weighted by Gasteiger charge is -2.23. The van der Waals surface area contributed by atoms with E-state index in [2.05, 4.69) is 25.7 Å². The molecule has 1 aliphatic heterocycles. The molecule has 1 heteroatoms. The molecule has 2 unspecified atom stereocenters. The summed E-state index contributed by atoms with van der Waals surface area (Å²) in [6.07, 6.45) is 4.10. The summed E-state index contributed by atoms with van der Waals surface area (Å²) >= 11 is 0. The van der Waals surface area contributed by atoms with Crippen LogP contribution in [0.4, 0.5) is 0 Å². The van der Waals surface area contributed by atoms with E-state index in [1.165, 1.54) is 32.4 Å². The number of rotatable bonds is 3. The average Bonchev–Trinajstić information content (AvgIpc) is 2.34. The molecule has 66 valence electrons. The molecule has 0 amide bonds. The Hall–Kier alpha value is -0.0400. The van der Waals surface area contributed by atoms with Crippen molar-refractivity contribution in [3.05, 3.63) is 0 Å². The highest BCUT2D eigenvalue weighted by molar-refractivity contribution is 4.82. The number of nitrogens with zero attached hydrogens (tertiary/aromatic N) is 1. The van der Waals surface area contributed by atoms with E-state index in [4.69, 9.17) is 0 Å². The molecule has 0 radical (unpaired) electrons. The molecular formula is C10H21N. The van der Waals surface area contributed by atoms with Crippen LogP contribution in [0.3, 0.4) is 0 Å². The fourth-order valence-corrected chi connectivity index (χ4v) is 2.22. The molecule has 0 bridgehead atoms. The van der Waals surface area contributed by atoms with Crippen LogP contribution in [0.15, 0.2) is 0 Å². The van der Waals surface area contributed by atoms with E-state index in [9.17, 15) is 0 Å². The van der Waals surface area contributed by atoms with E-state index in [0.29, 0.717) is 0 Å². The lowest BCUT2D eigenvalue weighted by Crippen LogP contribution is -2.30. The lowest BCUT2D eigenvalue weighted by molar-refractivity contribution is 0.240. The Labute approximate surface area is 70.8 Å². The molecule has 1 nitrogen and oxygen atoms in total. The summed E-state index contributed by atoms with van der Waals surface area (Å²) in [7, 11) is 0. The van der Waals surface area contributed by atoms with E-state index in [1.807, 2.05) is 0 Å². The van der Waals surface area contributed by atoms with Crippen molar-refractivity contribution in [2.45, 2.75) is 46.1 Å². The van der Waals surface area contributed by atoms with Crippen LogP contribution in [0.5, 0.6) is 0 Å². The van der Waals surface area contributed by atoms with Crippen molar-refractivity contribution in [3.8, 4) is 0 Å². The summed E-state index contributed by atoms with van der Waals surface area (Å²) in [5, 5.41) is 0. The standard InChI is InChI=1S/C10H21N/c1-4-7-11-8-6-10(5-2)9(11)3/h9-10H,4-8H2,1-3H3. The molecule has 1 rings (SSSR count). The molecular weight excluding hydrogens is 134 g/mol. The second kappa shape index (κ2) is 4.10. The van der Waals surface area contributed by atoms with Crippen LogP contribution in [-0.2, 0) is 0 Å². The monoisotopic (exact) mass is 155 g/mol. The molecule has 0 aromatic carbocycles. The molecule has 0 aliphatic carbocycles. The van der Waals surface area contributed by atoms with E-state index >= 15 is 0 Å². The molecule has 11 heavy (non-hydrogen) atoms. The Bertz CT molecular complexity index is 111. The van der Waals surface area contributed by atoms with E-state index in [-0.39, 0.29) is 0 Å². The number of hydrogen-bond donors (Lipinski definition) is 0. The topological polar surface area (TPSA) is 3.24 Å². The average molecular weight is 155 g/mol. The van der Waals surface area contributed by atoms with Gasteiger partial charge in [0, 0.05) is 6.04 Å². The second-order valence-corrected chi connectivity index (χ2v) is 3.73. The largest absolute Gasteiger partial charge is 0.300 e. The third kappa shape index (κ3) is 1.96. The Balaban J connectivity index is 2.35. The predicted molar refractivity (Wildman–Crippen MR) is 49.7 cm³/mol. The summed E-state index contributed by atoms with van der Waals surface area (Å²) in [6, 6.07) is 0.847. The predicted octanol–water partition coefficient (Wildman–Crippen LogP) is 2.52. The number of hydrogen-bond acceptors (Lipinski definition) is 1. The Morgan fingerprint density at radius 1 is 1.36 bits per heavy atom. The molecule has 0 aromatic heterocycles. The Morgan fingerprint density at radius 3 is 2.55 bits per heavy atom. The van der Waals surface area contributed by atoms with Crippen molar-refractivity contribution in [2.24, 2.45) is 5.92 Å². The van der Waals surface area contributed by atoms with Crippen molar-refractivity contribution in [3.63, 3.8) is 0 Å². The van der Waals surface area contributed by atoms with Gasteiger partial charge in [-0.05, 0) is 38.8 Å². The van der Waals surface area contributed by atoms with Crippen LogP contribution in [-0.4, -0.2) is 24.0 Å². The first-order valence-electron chi connectivity index (χ1n) is 5.03. The van der Waals surface area contributed by atoms with Crippen molar-refractivity contribution in [1.82, 2.24) is 4.90 Å². The molecule has 0 N–H and O–H groups in total. The molecule has 1 saturated heterocycles. The minimum atomic E-state index is 0.847. The zero-order valence-electron chi connectivity index (χ0n) is 8.14. The van der Waals surface area contributed by atoms with Crippen LogP contribution in [0.25, 0.3) is 0 Å². The van der Waals surface area contributed by atoms with E-state index in [1.54, 1.807) is 0 Å². The summed E-state index contributed by atoms with van der Waals surface area (Å²) < 4.78 is 0. The summed E-state index contributed by atoms with van der Waals surface area (Å²) in [4.78, 5) is 2.63. The van der Waals surface area contributed by atoms with Gasteiger partial charge in [0.15, 0.2) is 0 Å². The zero-order valence-corrected chi connectivity index (χ0v) is 8.14. The first-order chi connectivity index (χ1) is 5.29. The third-order valence-corrected chi connectivity index (χ3v) is 3.08. The minimum Gasteiger partial charge on any atom is -0.300 e. The third-order valence-electron chi connectivity index (χ3n) is 3.08. The van der Waals surface area contributed by atoms with Gasteiger partial charge in [-0.1, -0.05) is 20.3 Å². The van der Waals surface area contributed by atoms with Gasteiger partial charge < -0.3 is 4.90 Å². The normalized spacial score (nSPS) is 33.0. The maximum Gasteiger partial charge on any atom is 0.00955 e. The maximum atomic E-state index is 2.63. The highest BCUT2D eigenvalue weighted by Gasteiger charge is 2.27. The van der Waals surface area contributed by atoms with E-state index < -0.39 is 0 Å². The van der Waals surface area contributed by atoms with Crippen molar-refractivity contribution < 1.29 is 0 Å². The summed E-state index contributed by atoms with van der Waals surface area (Å²) in [5.41, 5.74) is 0. The minimum absolute atomic E-state index is 0.847. The van der Waals surface area contributed by atoms with E-state index in [0.717, 1.165) is 12.0 Å². The fraction of sp³-hybridized carbons (Fsp3) is 1.00. The smallest absolute Gasteiger partial charge is 0.00955 e. The number of likely N-dealkylation sites (tertiary alicyclic amines) is 1. The van der Waals surface area contributed by atoms with Gasteiger partial charge in [-0.2, -0.15) is 0 Å². The highest BCUT2D eigenvalue weighted by atomic mass is 15.2. The van der Waals surface area contributed by atoms with Crippen LogP contribution in [0.2, 0.25) is 0 Å². The van der Waals surface area contributed by atoms with Gasteiger partial charge in [0.2, 0.25) is 0 Å². The van der Waals surface area contributed by atoms with Gasteiger partial charge in [0.05, 0.1) is 0 Å². The van der Waals surface area contributed by atoms with Gasteiger partial charge in [-0.25, -0.2) is 0 Å². The molecule has 2 atom stereocenters. The zero-order chi connectivity index (χ0) is 8.27. The first-order valence-corrected chi connectivity index (χ1v) is 5.03. The van der Waals surface area contributed by atoms with Crippen molar-refractivity contribution in [2.75, 3.05) is 13.1 Å². The fourth-order valence-electron chi connectivity index (χ4n) is 2.22. The second-order valence-electron chi connectivity index (χ2n) is 3.73. The highest BCUT2D eigenvalue weighted by Crippen LogP contribution is 2.26. The molecule has 1 fully saturated rings. The van der Waals surface area contributed by atoms with Gasteiger partial charge in [0.1, 0.15) is 0 Å². The molecule has 0 aromatic rings. The van der Waals surface area contributed by atoms with Gasteiger partial charge in [-0.3, -0.25) is 0 Å². The Kier molecular flexibility index (Phi) is 3.38. The molecule has 0 saturated carbocycles. The van der Waals surface area contributed by atoms with Gasteiger partial charge in [0.25, 0.3) is 0 Å². The summed E-state index contributed by atoms with van der Waals surface area (Å²) in [5.74, 6) is 0.974. The molecule has 1 heterocycles. The van der Waals surface area contributed by atoms with Crippen LogP contribution < -0.4 is 0 Å². The van der Waals surface area contributed by atoms with Gasteiger partial charge in [-0.15, -0.1) is 0 Å². The first kappa shape index (κ1) is 9.05. The molecule has 0 spiro atoms. The van der Waals surface area contributed by atoms with Crippen molar-refractivity contribution in [1.29, 1.82) is 0 Å². The van der Waals surface area contributed by atoms with Gasteiger partial charge >= 0.3 is 0 Å². The quantitative estimate of drug-likeness (QED) is 0.605. The van der Waals surface area contributed by atoms with Crippen LogP contribution >= 0.6 is 0 Å². The van der Waals surface area contributed by atoms with Crippen molar-refractivity contribution >= 4 is 0 Å². The molecule has 1 aliphatic rings. The Morgan fingerprint density at radius 2 is 2.09 bits per heavy atom. The van der Waals surface area contributed by atoms with Crippen LogP contribution in [0.1, 0.15) is 40.0 Å². The maximum absolute atomic E-state index is 2.63. The lowest BCUT2D eigenvalue weighted by atomic mass is 9.99. The summed E-state index contributed by atoms with van der Waals surface area (Å²) in [6.45, 7) is 9.62.